The Labute approximate surface area is 217 Å². The van der Waals surface area contributed by atoms with Gasteiger partial charge < -0.3 is 14.9 Å². The molecule has 0 atom stereocenters. The normalized spacial score (nSPS) is 17.1. The fourth-order valence-corrected chi connectivity index (χ4v) is 5.47. The first-order valence-corrected chi connectivity index (χ1v) is 12.9. The number of amides is 1. The number of piperidine rings is 1. The summed E-state index contributed by atoms with van der Waals surface area (Å²) in [6, 6.07) is 21.7. The van der Waals surface area contributed by atoms with E-state index < -0.39 is 12.1 Å². The van der Waals surface area contributed by atoms with Gasteiger partial charge in [0, 0.05) is 36.3 Å². The van der Waals surface area contributed by atoms with Crippen LogP contribution >= 0.6 is 11.3 Å². The van der Waals surface area contributed by atoms with Gasteiger partial charge in [0.05, 0.1) is 5.51 Å². The summed E-state index contributed by atoms with van der Waals surface area (Å²) in [5, 5.41) is 8.98. The van der Waals surface area contributed by atoms with Crippen molar-refractivity contribution < 1.29 is 27.9 Å². The van der Waals surface area contributed by atoms with Gasteiger partial charge in [0.2, 0.25) is 0 Å². The Kier molecular flexibility index (Phi) is 8.29. The molecule has 2 aromatic carbocycles. The molecule has 0 aliphatic carbocycles. The van der Waals surface area contributed by atoms with E-state index >= 15 is 0 Å². The van der Waals surface area contributed by atoms with E-state index in [4.69, 9.17) is 9.90 Å². The molecule has 3 heterocycles. The number of carbonyl (C=O) groups excluding carboxylic acids is 1. The summed E-state index contributed by atoms with van der Waals surface area (Å²) in [5.41, 5.74) is 5.41. The van der Waals surface area contributed by atoms with E-state index in [9.17, 15) is 18.0 Å². The standard InChI is InChI=1S/C25H27N3OS.C2HF3O2/c29-24(23-16-30-19-26-23)28-17-25(18-28)11-13-27(14-12-25)15-22(20-7-3-1-4-8-20)21-9-5-2-6-10-21;3-2(4,5)1(6)7/h1-10,16,19,22H,11-15,17-18H2;(H,6,7). The van der Waals surface area contributed by atoms with E-state index in [0.717, 1.165) is 32.7 Å². The van der Waals surface area contributed by atoms with E-state index in [1.165, 1.54) is 35.3 Å². The predicted molar refractivity (Wildman–Crippen MR) is 135 cm³/mol. The molecule has 2 saturated heterocycles. The lowest BCUT2D eigenvalue weighted by molar-refractivity contribution is -0.192. The van der Waals surface area contributed by atoms with Crippen LogP contribution in [0.2, 0.25) is 0 Å². The number of aromatic nitrogens is 1. The molecule has 1 spiro atoms. The first-order chi connectivity index (χ1) is 17.7. The molecule has 6 nitrogen and oxygen atoms in total. The highest BCUT2D eigenvalue weighted by molar-refractivity contribution is 7.07. The summed E-state index contributed by atoms with van der Waals surface area (Å²) >= 11 is 1.48. The molecule has 37 heavy (non-hydrogen) atoms. The van der Waals surface area contributed by atoms with Crippen molar-refractivity contribution in [2.75, 3.05) is 32.7 Å². The van der Waals surface area contributed by atoms with E-state index in [-0.39, 0.29) is 5.91 Å². The monoisotopic (exact) mass is 531 g/mol. The third-order valence-corrected chi connectivity index (χ3v) is 7.58. The second-order valence-corrected chi connectivity index (χ2v) is 10.2. The molecule has 196 valence electrons. The highest BCUT2D eigenvalue weighted by atomic mass is 32.1. The molecule has 0 bridgehead atoms. The van der Waals surface area contributed by atoms with Gasteiger partial charge in [0.1, 0.15) is 5.69 Å². The zero-order valence-corrected chi connectivity index (χ0v) is 20.9. The average Bonchev–Trinajstić information content (AvgIpc) is 3.42. The number of aliphatic carboxylic acids is 1. The number of carbonyl (C=O) groups is 2. The van der Waals surface area contributed by atoms with E-state index in [0.29, 0.717) is 17.0 Å². The molecule has 10 heteroatoms. The fraction of sp³-hybridized carbons (Fsp3) is 0.370. The van der Waals surface area contributed by atoms with Crippen LogP contribution in [-0.2, 0) is 4.79 Å². The quantitative estimate of drug-likeness (QED) is 0.493. The maximum atomic E-state index is 12.5. The fourth-order valence-electron chi connectivity index (χ4n) is 4.95. The Morgan fingerprint density at radius 1 is 0.973 bits per heavy atom. The molecule has 1 aromatic heterocycles. The topological polar surface area (TPSA) is 73.7 Å². The lowest BCUT2D eigenvalue weighted by Gasteiger charge is -2.54. The summed E-state index contributed by atoms with van der Waals surface area (Å²) in [4.78, 5) is 30.2. The second kappa shape index (κ2) is 11.4. The number of alkyl halides is 3. The van der Waals surface area contributed by atoms with Gasteiger partial charge in [-0.25, -0.2) is 9.78 Å². The zero-order chi connectivity index (χ0) is 26.5. The molecule has 1 amide bonds. The van der Waals surface area contributed by atoms with Crippen LogP contribution in [0.1, 0.15) is 40.4 Å². The molecular formula is C27H28F3N3O3S. The van der Waals surface area contributed by atoms with Gasteiger partial charge >= 0.3 is 12.1 Å². The Balaban J connectivity index is 0.000000405. The SMILES string of the molecule is O=C(O)C(F)(F)F.O=C(c1cscn1)N1CC2(CCN(CC(c3ccccc3)c3ccccc3)CC2)C1. The first kappa shape index (κ1) is 26.8. The average molecular weight is 532 g/mol. The van der Waals surface area contributed by atoms with E-state index in [1.807, 2.05) is 10.3 Å². The lowest BCUT2D eigenvalue weighted by Crippen LogP contribution is -2.62. The van der Waals surface area contributed by atoms with Crippen LogP contribution in [0.4, 0.5) is 13.2 Å². The van der Waals surface area contributed by atoms with Crippen LogP contribution in [0, 0.1) is 5.41 Å². The number of rotatable bonds is 5. The molecule has 0 unspecified atom stereocenters. The minimum Gasteiger partial charge on any atom is -0.475 e. The van der Waals surface area contributed by atoms with Gasteiger partial charge in [-0.1, -0.05) is 60.7 Å². The van der Waals surface area contributed by atoms with Gasteiger partial charge in [0.15, 0.2) is 0 Å². The summed E-state index contributed by atoms with van der Waals surface area (Å²) in [7, 11) is 0. The van der Waals surface area contributed by atoms with Gasteiger partial charge in [-0.15, -0.1) is 11.3 Å². The lowest BCUT2D eigenvalue weighted by atomic mass is 9.71. The smallest absolute Gasteiger partial charge is 0.475 e. The van der Waals surface area contributed by atoms with Gasteiger partial charge in [-0.2, -0.15) is 13.2 Å². The number of likely N-dealkylation sites (tertiary alicyclic amines) is 2. The highest BCUT2D eigenvalue weighted by Crippen LogP contribution is 2.41. The summed E-state index contributed by atoms with van der Waals surface area (Å²) in [6.07, 6.45) is -2.74. The number of hydrogen-bond donors (Lipinski definition) is 1. The van der Waals surface area contributed by atoms with Crippen molar-refractivity contribution in [1.82, 2.24) is 14.8 Å². The molecule has 1 N–H and O–H groups in total. The molecule has 2 aliphatic heterocycles. The predicted octanol–water partition coefficient (Wildman–Crippen LogP) is 5.15. The van der Waals surface area contributed by atoms with Gasteiger partial charge in [0.25, 0.3) is 5.91 Å². The summed E-state index contributed by atoms with van der Waals surface area (Å²) in [6.45, 7) is 5.03. The van der Waals surface area contributed by atoms with Crippen molar-refractivity contribution in [3.8, 4) is 0 Å². The summed E-state index contributed by atoms with van der Waals surface area (Å²) in [5.74, 6) is -2.27. The molecule has 0 saturated carbocycles. The van der Waals surface area contributed by atoms with Crippen molar-refractivity contribution >= 4 is 23.2 Å². The molecule has 3 aromatic rings. The van der Waals surface area contributed by atoms with E-state index in [2.05, 4.69) is 70.5 Å². The molecular weight excluding hydrogens is 503 g/mol. The Hall–Kier alpha value is -3.24. The molecule has 2 aliphatic rings. The third kappa shape index (κ3) is 6.75. The van der Waals surface area contributed by atoms with Gasteiger partial charge in [-0.3, -0.25) is 4.79 Å². The van der Waals surface area contributed by atoms with Gasteiger partial charge in [-0.05, 0) is 37.1 Å². The largest absolute Gasteiger partial charge is 0.490 e. The Morgan fingerprint density at radius 2 is 1.49 bits per heavy atom. The number of nitrogens with zero attached hydrogens (tertiary/aromatic N) is 3. The first-order valence-electron chi connectivity index (χ1n) is 12.0. The van der Waals surface area contributed by atoms with E-state index in [1.54, 1.807) is 5.51 Å². The van der Waals surface area contributed by atoms with Crippen LogP contribution in [0.3, 0.4) is 0 Å². The molecule has 2 fully saturated rings. The highest BCUT2D eigenvalue weighted by Gasteiger charge is 2.47. The molecule has 5 rings (SSSR count). The van der Waals surface area contributed by atoms with Crippen LogP contribution in [0.5, 0.6) is 0 Å². The Bertz CT molecular complexity index is 1120. The number of carboxylic acids is 1. The van der Waals surface area contributed by atoms with Crippen molar-refractivity contribution in [1.29, 1.82) is 0 Å². The third-order valence-electron chi connectivity index (χ3n) is 7.00. The number of halogens is 3. The maximum Gasteiger partial charge on any atom is 0.490 e. The van der Waals surface area contributed by atoms with Crippen molar-refractivity contribution in [3.05, 3.63) is 88.4 Å². The molecule has 0 radical (unpaired) electrons. The second-order valence-electron chi connectivity index (χ2n) is 9.51. The number of hydrogen-bond acceptors (Lipinski definition) is 5. The van der Waals surface area contributed by atoms with Crippen LogP contribution in [0.25, 0.3) is 0 Å². The van der Waals surface area contributed by atoms with Crippen molar-refractivity contribution in [2.24, 2.45) is 5.41 Å². The maximum absolute atomic E-state index is 12.5. The van der Waals surface area contributed by atoms with Crippen LogP contribution in [-0.4, -0.2) is 70.7 Å². The minimum atomic E-state index is -5.08. The number of benzene rings is 2. The van der Waals surface area contributed by atoms with Crippen molar-refractivity contribution in [2.45, 2.75) is 24.9 Å². The summed E-state index contributed by atoms with van der Waals surface area (Å²) < 4.78 is 31.7. The van der Waals surface area contributed by atoms with Crippen LogP contribution in [0.15, 0.2) is 71.6 Å². The minimum absolute atomic E-state index is 0.0949. The number of carboxylic acid groups (broad SMARTS) is 1. The number of thiazole rings is 1. The van der Waals surface area contributed by atoms with Crippen molar-refractivity contribution in [3.63, 3.8) is 0 Å². The van der Waals surface area contributed by atoms with Crippen LogP contribution < -0.4 is 0 Å². The zero-order valence-electron chi connectivity index (χ0n) is 20.1. The Morgan fingerprint density at radius 3 is 1.92 bits per heavy atom.